The zero-order chi connectivity index (χ0) is 30.8. The number of amides is 1. The number of H-pyrrole nitrogens is 1. The number of nitrogens with zero attached hydrogens (tertiary/aromatic N) is 1. The zero-order valence-electron chi connectivity index (χ0n) is 23.0. The quantitative estimate of drug-likeness (QED) is 0.0742. The van der Waals surface area contributed by atoms with Crippen LogP contribution in [0.25, 0.3) is 32.8 Å². The van der Waals surface area contributed by atoms with E-state index in [2.05, 4.69) is 47.4 Å². The van der Waals surface area contributed by atoms with Crippen LogP contribution in [0.5, 0.6) is 11.5 Å². The van der Waals surface area contributed by atoms with Crippen LogP contribution in [-0.4, -0.2) is 30.2 Å². The van der Waals surface area contributed by atoms with E-state index in [4.69, 9.17) is 21.1 Å². The maximum atomic E-state index is 13.7. The van der Waals surface area contributed by atoms with Gasteiger partial charge in [0.25, 0.3) is 5.91 Å². The number of carbonyl (C=O) groups excluding carboxylic acids is 2. The number of halogens is 3. The number of aromatic amines is 1. The first-order chi connectivity index (χ1) is 21.3. The van der Waals surface area contributed by atoms with Crippen LogP contribution in [0.2, 0.25) is 5.02 Å². The van der Waals surface area contributed by atoms with Gasteiger partial charge in [-0.1, -0.05) is 88.2 Å². The molecule has 0 radical (unpaired) electrons. The first kappa shape index (κ1) is 29.6. The number of hydrogen-bond acceptors (Lipinski definition) is 5. The Balaban J connectivity index is 1.34. The highest BCUT2D eigenvalue weighted by atomic mass is 79.9. The first-order valence-corrected chi connectivity index (χ1v) is 15.3. The van der Waals surface area contributed by atoms with E-state index in [0.717, 1.165) is 21.7 Å². The lowest BCUT2D eigenvalue weighted by Crippen LogP contribution is -2.19. The van der Waals surface area contributed by atoms with Gasteiger partial charge in [-0.15, -0.1) is 0 Å². The second-order valence-corrected chi connectivity index (χ2v) is 11.9. The average Bonchev–Trinajstić information content (AvgIpc) is 3.43. The Morgan fingerprint density at radius 1 is 0.909 bits per heavy atom. The second-order valence-electron chi connectivity index (χ2n) is 9.69. The highest BCUT2D eigenvalue weighted by Gasteiger charge is 2.22. The molecule has 10 heteroatoms. The minimum atomic E-state index is -0.583. The Morgan fingerprint density at radius 3 is 2.52 bits per heavy atom. The molecule has 5 aromatic carbocycles. The van der Waals surface area contributed by atoms with E-state index < -0.39 is 11.9 Å². The molecule has 44 heavy (non-hydrogen) atoms. The molecule has 6 aromatic rings. The highest BCUT2D eigenvalue weighted by Crippen LogP contribution is 2.39. The number of rotatable bonds is 7. The summed E-state index contributed by atoms with van der Waals surface area (Å²) in [6.45, 7) is 0. The molecule has 2 N–H and O–H groups in total. The molecule has 0 spiro atoms. The van der Waals surface area contributed by atoms with Crippen molar-refractivity contribution in [2.45, 2.75) is 0 Å². The topological polar surface area (TPSA) is 92.8 Å². The third-order valence-electron chi connectivity index (χ3n) is 6.98. The molecule has 0 fully saturated rings. The minimum absolute atomic E-state index is 0.229. The lowest BCUT2D eigenvalue weighted by molar-refractivity contribution is 0.0732. The van der Waals surface area contributed by atoms with E-state index in [9.17, 15) is 9.59 Å². The van der Waals surface area contributed by atoms with Gasteiger partial charge in [-0.25, -0.2) is 10.2 Å². The number of methoxy groups -OCH3 is 1. The molecule has 1 amide bonds. The molecular weight excluding hydrogens is 710 g/mol. The van der Waals surface area contributed by atoms with Crippen LogP contribution >= 0.6 is 43.5 Å². The fourth-order valence-electron chi connectivity index (χ4n) is 4.95. The summed E-state index contributed by atoms with van der Waals surface area (Å²) in [4.78, 5) is 30.0. The monoisotopic (exact) mass is 729 g/mol. The summed E-state index contributed by atoms with van der Waals surface area (Å²) in [5.74, 6) is -0.298. The standard InChI is InChI=1S/C34H22Br2ClN3O4/c1-43-23-9-6-8-20(16-23)34(42)44-32-21(15-22(35)17-27(32)36)18-38-40-33(41)31-29(25-11-4-5-12-28(25)37)26-14-13-19-7-2-3-10-24(19)30(26)39-31/h2-18,39H,1H3,(H,40,41). The Kier molecular flexibility index (Phi) is 8.52. The summed E-state index contributed by atoms with van der Waals surface area (Å²) in [5.41, 5.74) is 5.88. The van der Waals surface area contributed by atoms with Gasteiger partial charge in [0.15, 0.2) is 5.75 Å². The van der Waals surface area contributed by atoms with Crippen LogP contribution in [0.4, 0.5) is 0 Å². The number of nitrogens with one attached hydrogen (secondary N) is 2. The van der Waals surface area contributed by atoms with E-state index in [1.165, 1.54) is 13.3 Å². The number of carbonyl (C=O) groups is 2. The smallest absolute Gasteiger partial charge is 0.343 e. The molecule has 218 valence electrons. The summed E-state index contributed by atoms with van der Waals surface area (Å²) in [6, 6.07) is 29.4. The van der Waals surface area contributed by atoms with Gasteiger partial charge in [0.2, 0.25) is 0 Å². The molecule has 0 aliphatic carbocycles. The van der Waals surface area contributed by atoms with Crippen molar-refractivity contribution in [2.75, 3.05) is 7.11 Å². The van der Waals surface area contributed by atoms with E-state index in [0.29, 0.717) is 47.7 Å². The number of aromatic nitrogens is 1. The van der Waals surface area contributed by atoms with Crippen molar-refractivity contribution in [2.24, 2.45) is 5.10 Å². The molecule has 1 heterocycles. The minimum Gasteiger partial charge on any atom is -0.497 e. The zero-order valence-corrected chi connectivity index (χ0v) is 27.0. The van der Waals surface area contributed by atoms with E-state index in [1.54, 1.807) is 42.5 Å². The molecule has 0 bridgehead atoms. The molecule has 0 unspecified atom stereocenters. The molecule has 0 saturated carbocycles. The fraction of sp³-hybridized carbons (Fsp3) is 0.0294. The number of esters is 1. The summed E-state index contributed by atoms with van der Waals surface area (Å²) in [6.07, 6.45) is 1.41. The lowest BCUT2D eigenvalue weighted by atomic mass is 9.99. The van der Waals surface area contributed by atoms with Gasteiger partial charge < -0.3 is 14.5 Å². The van der Waals surface area contributed by atoms with Crippen molar-refractivity contribution in [1.29, 1.82) is 0 Å². The van der Waals surface area contributed by atoms with E-state index in [1.807, 2.05) is 54.6 Å². The predicted octanol–water partition coefficient (Wildman–Crippen LogP) is 9.16. The summed E-state index contributed by atoms with van der Waals surface area (Å²) in [5, 5.41) is 7.61. The normalized spacial score (nSPS) is 11.3. The summed E-state index contributed by atoms with van der Waals surface area (Å²) in [7, 11) is 1.52. The van der Waals surface area contributed by atoms with Gasteiger partial charge in [-0.3, -0.25) is 4.79 Å². The van der Waals surface area contributed by atoms with Crippen molar-refractivity contribution < 1.29 is 19.1 Å². The van der Waals surface area contributed by atoms with Crippen LogP contribution in [0.3, 0.4) is 0 Å². The SMILES string of the molecule is COc1cccc(C(=O)Oc2c(Br)cc(Br)cc2C=NNC(=O)c2[nH]c3c(ccc4ccccc43)c2-c2ccccc2Cl)c1. The molecular formula is C34H22Br2ClN3O4. The number of benzene rings is 5. The average molecular weight is 732 g/mol. The second kappa shape index (κ2) is 12.7. The molecule has 0 saturated heterocycles. The maximum Gasteiger partial charge on any atom is 0.343 e. The summed E-state index contributed by atoms with van der Waals surface area (Å²) < 4.78 is 12.2. The lowest BCUT2D eigenvalue weighted by Gasteiger charge is -2.11. The van der Waals surface area contributed by atoms with Gasteiger partial charge in [0, 0.05) is 37.0 Å². The predicted molar refractivity (Wildman–Crippen MR) is 181 cm³/mol. The van der Waals surface area contributed by atoms with Crippen LogP contribution < -0.4 is 14.9 Å². The number of fused-ring (bicyclic) bond motifs is 3. The van der Waals surface area contributed by atoms with Crippen molar-refractivity contribution in [3.63, 3.8) is 0 Å². The highest BCUT2D eigenvalue weighted by molar-refractivity contribution is 9.11. The van der Waals surface area contributed by atoms with E-state index in [-0.39, 0.29) is 5.75 Å². The van der Waals surface area contributed by atoms with Gasteiger partial charge in [0.05, 0.1) is 28.9 Å². The third-order valence-corrected chi connectivity index (χ3v) is 8.35. The molecule has 7 nitrogen and oxygen atoms in total. The maximum absolute atomic E-state index is 13.7. The number of hydrazone groups is 1. The first-order valence-electron chi connectivity index (χ1n) is 13.3. The van der Waals surface area contributed by atoms with Crippen molar-refractivity contribution >= 4 is 83.2 Å². The molecule has 0 aliphatic rings. The molecule has 1 aromatic heterocycles. The van der Waals surface area contributed by atoms with Crippen molar-refractivity contribution in [3.8, 4) is 22.6 Å². The van der Waals surface area contributed by atoms with Crippen LogP contribution in [-0.2, 0) is 0 Å². The molecule has 0 atom stereocenters. The molecule has 6 rings (SSSR count). The largest absolute Gasteiger partial charge is 0.497 e. The Morgan fingerprint density at radius 2 is 1.70 bits per heavy atom. The van der Waals surface area contributed by atoms with Crippen molar-refractivity contribution in [1.82, 2.24) is 10.4 Å². The fourth-order valence-corrected chi connectivity index (χ4v) is 6.52. The van der Waals surface area contributed by atoms with Gasteiger partial charge in [-0.2, -0.15) is 5.10 Å². The van der Waals surface area contributed by atoms with Gasteiger partial charge >= 0.3 is 5.97 Å². The van der Waals surface area contributed by atoms with Crippen LogP contribution in [0.1, 0.15) is 26.4 Å². The van der Waals surface area contributed by atoms with E-state index >= 15 is 0 Å². The summed E-state index contributed by atoms with van der Waals surface area (Å²) >= 11 is 13.5. The van der Waals surface area contributed by atoms with Crippen molar-refractivity contribution in [3.05, 3.63) is 128 Å². The van der Waals surface area contributed by atoms with Gasteiger partial charge in [0.1, 0.15) is 11.4 Å². The number of hydrogen-bond donors (Lipinski definition) is 2. The Hall–Kier alpha value is -4.44. The Labute approximate surface area is 274 Å². The van der Waals surface area contributed by atoms with Crippen LogP contribution in [0, 0.1) is 0 Å². The Bertz CT molecular complexity index is 2110. The number of ether oxygens (including phenoxy) is 2. The molecule has 0 aliphatic heterocycles. The van der Waals surface area contributed by atoms with Gasteiger partial charge in [-0.05, 0) is 57.7 Å². The van der Waals surface area contributed by atoms with Crippen LogP contribution in [0.15, 0.2) is 111 Å². The third kappa shape index (κ3) is 5.86.